The van der Waals surface area contributed by atoms with Crippen molar-refractivity contribution in [3.05, 3.63) is 49.4 Å². The molecule has 2 rings (SSSR count). The smallest absolute Gasteiger partial charge is 0.387 e. The molecule has 0 saturated carbocycles. The van der Waals surface area contributed by atoms with E-state index in [9.17, 15) is 23.2 Å². The Kier molecular flexibility index (Phi) is 7.44. The van der Waals surface area contributed by atoms with Crippen molar-refractivity contribution in [3.63, 3.8) is 0 Å². The van der Waals surface area contributed by atoms with E-state index in [-0.39, 0.29) is 28.1 Å². The average molecular weight is 413 g/mol. The van der Waals surface area contributed by atoms with Gasteiger partial charge in [0, 0.05) is 0 Å². The Balaban J connectivity index is 2.49. The third kappa shape index (κ3) is 5.74. The highest BCUT2D eigenvalue weighted by Gasteiger charge is 2.11. The monoisotopic (exact) mass is 413 g/mol. The molecule has 0 atom stereocenters. The van der Waals surface area contributed by atoms with Crippen LogP contribution in [0.2, 0.25) is 0 Å². The van der Waals surface area contributed by atoms with Crippen LogP contribution in [-0.2, 0) is 25.6 Å². The Morgan fingerprint density at radius 2 is 1.93 bits per heavy atom. The number of esters is 2. The lowest BCUT2D eigenvalue weighted by atomic mass is 10.2. The van der Waals surface area contributed by atoms with Crippen LogP contribution in [0.5, 0.6) is 5.75 Å². The molecule has 0 fully saturated rings. The lowest BCUT2D eigenvalue weighted by molar-refractivity contribution is -0.141. The molecule has 0 unspecified atom stereocenters. The first-order valence-corrected chi connectivity index (χ1v) is 8.87. The number of carbonyl (C=O) groups excluding carboxylic acids is 2. The molecule has 7 nitrogen and oxygen atoms in total. The van der Waals surface area contributed by atoms with Crippen LogP contribution in [0.4, 0.5) is 8.78 Å². The van der Waals surface area contributed by atoms with Crippen LogP contribution in [0, 0.1) is 0 Å². The number of nitrogens with zero attached hydrogens (tertiary/aromatic N) is 1. The number of hydrogen-bond acceptors (Lipinski definition) is 7. The molecule has 0 spiro atoms. The largest absolute Gasteiger partial charge is 0.468 e. The van der Waals surface area contributed by atoms with Crippen molar-refractivity contribution in [2.45, 2.75) is 20.1 Å². The molecule has 1 aromatic carbocycles. The molecule has 0 aliphatic rings. The summed E-state index contributed by atoms with van der Waals surface area (Å²) in [5, 5.41) is 0. The maximum Gasteiger partial charge on any atom is 0.387 e. The molecule has 0 saturated heterocycles. The zero-order chi connectivity index (χ0) is 20.7. The topological polar surface area (TPSA) is 83.8 Å². The van der Waals surface area contributed by atoms with E-state index >= 15 is 0 Å². The standard InChI is InChI=1S/C18H17F2NO6S/c1-3-26-15(22)9-14-21(10-16(23)25-2)17(24)13(28-14)8-11-4-6-12(7-5-11)27-18(19)20/h4-9,18H,3,10H2,1-2H3/b13-8-,14-9-. The van der Waals surface area contributed by atoms with E-state index in [0.717, 1.165) is 22.0 Å². The first-order chi connectivity index (χ1) is 13.3. The first kappa shape index (κ1) is 21.3. The van der Waals surface area contributed by atoms with Crippen LogP contribution in [0.1, 0.15) is 12.5 Å². The zero-order valence-corrected chi connectivity index (χ0v) is 15.8. The summed E-state index contributed by atoms with van der Waals surface area (Å²) in [6.07, 6.45) is 2.63. The number of ether oxygens (including phenoxy) is 3. The van der Waals surface area contributed by atoms with Gasteiger partial charge in [0.25, 0.3) is 5.56 Å². The Hall–Kier alpha value is -3.01. The van der Waals surface area contributed by atoms with E-state index in [1.54, 1.807) is 6.92 Å². The molecular formula is C18H17F2NO6S. The second-order valence-corrected chi connectivity index (χ2v) is 6.32. The quantitative estimate of drug-likeness (QED) is 0.626. The van der Waals surface area contributed by atoms with Crippen molar-refractivity contribution in [1.82, 2.24) is 4.57 Å². The molecule has 28 heavy (non-hydrogen) atoms. The molecule has 0 N–H and O–H groups in total. The molecule has 150 valence electrons. The number of hydrogen-bond donors (Lipinski definition) is 0. The van der Waals surface area contributed by atoms with Crippen LogP contribution < -0.4 is 19.5 Å². The lowest BCUT2D eigenvalue weighted by Gasteiger charge is -2.03. The van der Waals surface area contributed by atoms with Gasteiger partial charge in [0.1, 0.15) is 17.0 Å². The van der Waals surface area contributed by atoms with Gasteiger partial charge in [-0.15, -0.1) is 11.3 Å². The molecule has 0 bridgehead atoms. The number of carbonyl (C=O) groups is 2. The molecular weight excluding hydrogens is 396 g/mol. The number of rotatable bonds is 7. The molecule has 1 heterocycles. The Morgan fingerprint density at radius 1 is 1.25 bits per heavy atom. The fourth-order valence-corrected chi connectivity index (χ4v) is 3.20. The van der Waals surface area contributed by atoms with Gasteiger partial charge in [-0.25, -0.2) is 4.79 Å². The fourth-order valence-electron chi connectivity index (χ4n) is 2.17. The number of aromatic nitrogens is 1. The second-order valence-electron chi connectivity index (χ2n) is 5.26. The van der Waals surface area contributed by atoms with Crippen LogP contribution in [0.25, 0.3) is 12.2 Å². The predicted octanol–water partition coefficient (Wildman–Crippen LogP) is 0.857. The summed E-state index contributed by atoms with van der Waals surface area (Å²) in [6, 6.07) is 5.67. The van der Waals surface area contributed by atoms with Gasteiger partial charge in [-0.05, 0) is 30.7 Å². The number of benzene rings is 1. The maximum absolute atomic E-state index is 12.6. The highest BCUT2D eigenvalue weighted by Crippen LogP contribution is 2.15. The summed E-state index contributed by atoms with van der Waals surface area (Å²) in [7, 11) is 1.19. The molecule has 2 aromatic rings. The van der Waals surface area contributed by atoms with Gasteiger partial charge < -0.3 is 14.2 Å². The van der Waals surface area contributed by atoms with E-state index in [4.69, 9.17) is 4.74 Å². The van der Waals surface area contributed by atoms with Crippen molar-refractivity contribution >= 4 is 35.4 Å². The Labute approximate surface area is 162 Å². The van der Waals surface area contributed by atoms with Crippen molar-refractivity contribution in [3.8, 4) is 5.75 Å². The van der Waals surface area contributed by atoms with Crippen molar-refractivity contribution in [1.29, 1.82) is 0 Å². The van der Waals surface area contributed by atoms with Gasteiger partial charge >= 0.3 is 18.6 Å². The first-order valence-electron chi connectivity index (χ1n) is 8.05. The Bertz CT molecular complexity index is 1010. The van der Waals surface area contributed by atoms with Gasteiger partial charge in [-0.2, -0.15) is 8.78 Å². The van der Waals surface area contributed by atoms with E-state index in [2.05, 4.69) is 9.47 Å². The molecule has 0 radical (unpaired) electrons. The summed E-state index contributed by atoms with van der Waals surface area (Å²) in [5.74, 6) is -1.32. The lowest BCUT2D eigenvalue weighted by Crippen LogP contribution is -2.34. The SMILES string of the molecule is CCOC(=O)/C=c1\s/c(=C\c2ccc(OC(F)F)cc2)c(=O)n1CC(=O)OC. The average Bonchev–Trinajstić information content (AvgIpc) is 2.91. The minimum absolute atomic E-state index is 0.0160. The van der Waals surface area contributed by atoms with E-state index in [1.165, 1.54) is 37.5 Å². The third-order valence-corrected chi connectivity index (χ3v) is 4.44. The van der Waals surface area contributed by atoms with Gasteiger partial charge in [0.2, 0.25) is 0 Å². The second kappa shape index (κ2) is 9.79. The van der Waals surface area contributed by atoms with Crippen molar-refractivity contribution in [2.75, 3.05) is 13.7 Å². The molecule has 1 aromatic heterocycles. The van der Waals surface area contributed by atoms with Gasteiger partial charge in [0.05, 0.1) is 24.3 Å². The van der Waals surface area contributed by atoms with E-state index in [0.29, 0.717) is 5.56 Å². The Morgan fingerprint density at radius 3 is 2.50 bits per heavy atom. The van der Waals surface area contributed by atoms with Crippen LogP contribution in [0.3, 0.4) is 0 Å². The number of methoxy groups -OCH3 is 1. The number of alkyl halides is 2. The van der Waals surface area contributed by atoms with Crippen LogP contribution >= 0.6 is 11.3 Å². The molecule has 10 heteroatoms. The summed E-state index contributed by atoms with van der Waals surface area (Å²) in [6.45, 7) is -1.50. The van der Waals surface area contributed by atoms with Gasteiger partial charge in [0.15, 0.2) is 0 Å². The minimum Gasteiger partial charge on any atom is -0.468 e. The highest BCUT2D eigenvalue weighted by molar-refractivity contribution is 7.07. The van der Waals surface area contributed by atoms with Gasteiger partial charge in [-0.3, -0.25) is 14.2 Å². The number of thiazole rings is 1. The van der Waals surface area contributed by atoms with Crippen molar-refractivity contribution in [2.24, 2.45) is 0 Å². The van der Waals surface area contributed by atoms with E-state index < -0.39 is 24.1 Å². The summed E-state index contributed by atoms with van der Waals surface area (Å²) < 4.78 is 39.7. The third-order valence-electron chi connectivity index (χ3n) is 3.38. The van der Waals surface area contributed by atoms with E-state index in [1.807, 2.05) is 0 Å². The van der Waals surface area contributed by atoms with Gasteiger partial charge in [-0.1, -0.05) is 12.1 Å². The molecule has 0 aliphatic heterocycles. The minimum atomic E-state index is -2.93. The predicted molar refractivity (Wildman–Crippen MR) is 97.6 cm³/mol. The summed E-state index contributed by atoms with van der Waals surface area (Å²) >= 11 is 0.982. The van der Waals surface area contributed by atoms with Crippen LogP contribution in [-0.4, -0.2) is 36.8 Å². The normalized spacial score (nSPS) is 12.3. The summed E-state index contributed by atoms with van der Waals surface area (Å²) in [4.78, 5) is 36.0. The fraction of sp³-hybridized carbons (Fsp3) is 0.278. The zero-order valence-electron chi connectivity index (χ0n) is 15.0. The number of halogens is 2. The molecule has 0 amide bonds. The summed E-state index contributed by atoms with van der Waals surface area (Å²) in [5.41, 5.74) is 0.0479. The highest BCUT2D eigenvalue weighted by atomic mass is 32.1. The van der Waals surface area contributed by atoms with Crippen molar-refractivity contribution < 1.29 is 32.6 Å². The maximum atomic E-state index is 12.6. The molecule has 0 aliphatic carbocycles. The van der Waals surface area contributed by atoms with Crippen LogP contribution in [0.15, 0.2) is 29.1 Å².